The van der Waals surface area contributed by atoms with Crippen molar-refractivity contribution < 1.29 is 23.7 Å². The molecule has 1 aromatic carbocycles. The van der Waals surface area contributed by atoms with E-state index < -0.39 is 23.8 Å². The number of aliphatic hydroxyl groups is 2. The standard InChI is InChI=1S/C12H17F2NO3/c1-18-7-9(16)5-15-6-12(17)10-3-2-8(13)4-11(10)14/h2-4,9,12,15-17H,5-7H2,1H3. The predicted molar refractivity (Wildman–Crippen MR) is 62.1 cm³/mol. The van der Waals surface area contributed by atoms with Gasteiger partial charge in [0.15, 0.2) is 0 Å². The molecule has 3 N–H and O–H groups in total. The van der Waals surface area contributed by atoms with Crippen molar-refractivity contribution in [3.63, 3.8) is 0 Å². The van der Waals surface area contributed by atoms with Gasteiger partial charge in [-0.05, 0) is 6.07 Å². The molecule has 0 spiro atoms. The quantitative estimate of drug-likeness (QED) is 0.672. The maximum absolute atomic E-state index is 13.3. The molecule has 2 atom stereocenters. The van der Waals surface area contributed by atoms with E-state index in [0.29, 0.717) is 0 Å². The fourth-order valence-corrected chi connectivity index (χ4v) is 1.52. The summed E-state index contributed by atoms with van der Waals surface area (Å²) in [4.78, 5) is 0. The number of hydrogen-bond acceptors (Lipinski definition) is 4. The van der Waals surface area contributed by atoms with Crippen LogP contribution in [0.25, 0.3) is 0 Å². The Bertz CT molecular complexity index is 376. The van der Waals surface area contributed by atoms with Gasteiger partial charge < -0.3 is 20.3 Å². The third kappa shape index (κ3) is 4.66. The Morgan fingerprint density at radius 1 is 1.28 bits per heavy atom. The van der Waals surface area contributed by atoms with E-state index in [9.17, 15) is 19.0 Å². The maximum Gasteiger partial charge on any atom is 0.131 e. The summed E-state index contributed by atoms with van der Waals surface area (Å²) >= 11 is 0. The van der Waals surface area contributed by atoms with Crippen molar-refractivity contribution in [3.8, 4) is 0 Å². The van der Waals surface area contributed by atoms with Crippen LogP contribution < -0.4 is 5.32 Å². The minimum Gasteiger partial charge on any atom is -0.389 e. The van der Waals surface area contributed by atoms with E-state index in [1.54, 1.807) is 0 Å². The van der Waals surface area contributed by atoms with Crippen LogP contribution in [0.1, 0.15) is 11.7 Å². The molecule has 18 heavy (non-hydrogen) atoms. The average molecular weight is 261 g/mol. The van der Waals surface area contributed by atoms with Gasteiger partial charge in [-0.3, -0.25) is 0 Å². The Labute approximate surface area is 104 Å². The largest absolute Gasteiger partial charge is 0.389 e. The molecule has 0 fully saturated rings. The molecule has 0 amide bonds. The Morgan fingerprint density at radius 3 is 2.61 bits per heavy atom. The van der Waals surface area contributed by atoms with Crippen LogP contribution in [0.15, 0.2) is 18.2 Å². The van der Waals surface area contributed by atoms with Gasteiger partial charge in [0.05, 0.1) is 18.8 Å². The molecule has 0 aliphatic rings. The summed E-state index contributed by atoms with van der Waals surface area (Å²) in [5, 5.41) is 21.8. The number of benzene rings is 1. The van der Waals surface area contributed by atoms with E-state index in [0.717, 1.165) is 12.1 Å². The van der Waals surface area contributed by atoms with Gasteiger partial charge in [0.2, 0.25) is 0 Å². The molecule has 0 heterocycles. The predicted octanol–water partition coefficient (Wildman–Crippen LogP) is 0.595. The molecular formula is C12H17F2NO3. The smallest absolute Gasteiger partial charge is 0.131 e. The molecule has 0 saturated carbocycles. The normalized spacial score (nSPS) is 14.5. The minimum absolute atomic E-state index is 0.0186. The first-order valence-electron chi connectivity index (χ1n) is 5.55. The lowest BCUT2D eigenvalue weighted by molar-refractivity contribution is 0.0615. The maximum atomic E-state index is 13.3. The Hall–Kier alpha value is -1.08. The Morgan fingerprint density at radius 2 is 2.00 bits per heavy atom. The molecule has 0 aliphatic carbocycles. The molecule has 2 unspecified atom stereocenters. The number of nitrogens with one attached hydrogen (secondary N) is 1. The lowest BCUT2D eigenvalue weighted by Gasteiger charge is -2.15. The van der Waals surface area contributed by atoms with Crippen LogP contribution in [0.3, 0.4) is 0 Å². The highest BCUT2D eigenvalue weighted by atomic mass is 19.1. The second-order valence-corrected chi connectivity index (χ2v) is 3.95. The van der Waals surface area contributed by atoms with Crippen LogP contribution >= 0.6 is 0 Å². The highest BCUT2D eigenvalue weighted by Gasteiger charge is 2.13. The van der Waals surface area contributed by atoms with E-state index >= 15 is 0 Å². The Balaban J connectivity index is 2.43. The fourth-order valence-electron chi connectivity index (χ4n) is 1.52. The molecule has 0 bridgehead atoms. The van der Waals surface area contributed by atoms with Gasteiger partial charge in [0, 0.05) is 31.8 Å². The minimum atomic E-state index is -1.10. The average Bonchev–Trinajstić information content (AvgIpc) is 2.29. The summed E-state index contributed by atoms with van der Waals surface area (Å²) in [6, 6.07) is 3.00. The van der Waals surface area contributed by atoms with Gasteiger partial charge in [-0.2, -0.15) is 0 Å². The lowest BCUT2D eigenvalue weighted by Crippen LogP contribution is -2.32. The number of ether oxygens (including phenoxy) is 1. The topological polar surface area (TPSA) is 61.7 Å². The first-order chi connectivity index (χ1) is 8.54. The zero-order valence-electron chi connectivity index (χ0n) is 10.1. The van der Waals surface area contributed by atoms with Crippen molar-refractivity contribution in [2.24, 2.45) is 0 Å². The second kappa shape index (κ2) is 7.38. The Kier molecular flexibility index (Phi) is 6.14. The molecular weight excluding hydrogens is 244 g/mol. The van der Waals surface area contributed by atoms with Crippen LogP contribution in [0, 0.1) is 11.6 Å². The van der Waals surface area contributed by atoms with Gasteiger partial charge >= 0.3 is 0 Å². The number of halogens is 2. The van der Waals surface area contributed by atoms with Crippen molar-refractivity contribution in [1.29, 1.82) is 0 Å². The fraction of sp³-hybridized carbons (Fsp3) is 0.500. The summed E-state index contributed by atoms with van der Waals surface area (Å²) in [6.07, 6.45) is -1.79. The van der Waals surface area contributed by atoms with E-state index in [1.165, 1.54) is 13.2 Å². The first kappa shape index (κ1) is 15.0. The van der Waals surface area contributed by atoms with E-state index in [-0.39, 0.29) is 25.3 Å². The highest BCUT2D eigenvalue weighted by molar-refractivity contribution is 5.21. The third-order valence-corrected chi connectivity index (χ3v) is 2.40. The molecule has 1 rings (SSSR count). The lowest BCUT2D eigenvalue weighted by atomic mass is 10.1. The number of hydrogen-bond donors (Lipinski definition) is 3. The molecule has 102 valence electrons. The van der Waals surface area contributed by atoms with Crippen LogP contribution in [0.5, 0.6) is 0 Å². The zero-order valence-corrected chi connectivity index (χ0v) is 10.1. The van der Waals surface area contributed by atoms with E-state index in [1.807, 2.05) is 0 Å². The van der Waals surface area contributed by atoms with Crippen LogP contribution in [-0.2, 0) is 4.74 Å². The van der Waals surface area contributed by atoms with Gasteiger partial charge in [-0.1, -0.05) is 6.07 Å². The molecule has 0 aromatic heterocycles. The molecule has 0 radical (unpaired) electrons. The van der Waals surface area contributed by atoms with Crippen molar-refractivity contribution in [2.45, 2.75) is 12.2 Å². The first-order valence-corrected chi connectivity index (χ1v) is 5.55. The number of rotatable bonds is 7. The summed E-state index contributed by atoms with van der Waals surface area (Å²) in [5.74, 6) is -1.48. The van der Waals surface area contributed by atoms with Gasteiger partial charge in [-0.25, -0.2) is 8.78 Å². The molecule has 6 heteroatoms. The van der Waals surface area contributed by atoms with Crippen molar-refractivity contribution in [3.05, 3.63) is 35.4 Å². The molecule has 0 aliphatic heterocycles. The van der Waals surface area contributed by atoms with Gasteiger partial charge in [0.25, 0.3) is 0 Å². The summed E-state index contributed by atoms with van der Waals surface area (Å²) in [7, 11) is 1.46. The van der Waals surface area contributed by atoms with Crippen LogP contribution in [0.4, 0.5) is 8.78 Å². The summed E-state index contributed by atoms with van der Waals surface area (Å²) < 4.78 is 30.7. The van der Waals surface area contributed by atoms with Crippen LogP contribution in [0.2, 0.25) is 0 Å². The van der Waals surface area contributed by atoms with E-state index in [4.69, 9.17) is 4.74 Å². The summed E-state index contributed by atoms with van der Waals surface area (Å²) in [6.45, 7) is 0.449. The second-order valence-electron chi connectivity index (χ2n) is 3.95. The molecule has 4 nitrogen and oxygen atoms in total. The van der Waals surface area contributed by atoms with Crippen molar-refractivity contribution >= 4 is 0 Å². The third-order valence-electron chi connectivity index (χ3n) is 2.40. The van der Waals surface area contributed by atoms with E-state index in [2.05, 4.69) is 5.32 Å². The van der Waals surface area contributed by atoms with Crippen molar-refractivity contribution in [2.75, 3.05) is 26.8 Å². The van der Waals surface area contributed by atoms with Gasteiger partial charge in [0.1, 0.15) is 11.6 Å². The number of aliphatic hydroxyl groups excluding tert-OH is 2. The SMILES string of the molecule is COCC(O)CNCC(O)c1ccc(F)cc1F. The number of methoxy groups -OCH3 is 1. The summed E-state index contributed by atoms with van der Waals surface area (Å²) in [5.41, 5.74) is 0.0186. The zero-order chi connectivity index (χ0) is 13.5. The molecule has 1 aromatic rings. The monoisotopic (exact) mass is 261 g/mol. The van der Waals surface area contributed by atoms with Gasteiger partial charge in [-0.15, -0.1) is 0 Å². The van der Waals surface area contributed by atoms with Crippen molar-refractivity contribution in [1.82, 2.24) is 5.32 Å². The molecule has 0 saturated heterocycles. The highest BCUT2D eigenvalue weighted by Crippen LogP contribution is 2.17. The van der Waals surface area contributed by atoms with Crippen LogP contribution in [-0.4, -0.2) is 43.1 Å².